The third kappa shape index (κ3) is 22.5. The fraction of sp³-hybridized carbons (Fsp3) is 0. The van der Waals surface area contributed by atoms with Gasteiger partial charge in [0.2, 0.25) is 0 Å². The van der Waals surface area contributed by atoms with Gasteiger partial charge in [0.15, 0.2) is 0 Å². The average molecular weight is 488 g/mol. The monoisotopic (exact) mass is 488 g/mol. The normalized spacial score (nSPS) is 0. The fourth-order valence-corrected chi connectivity index (χ4v) is 0. The first kappa shape index (κ1) is 39.7. The molecule has 0 aliphatic heterocycles. The molecule has 6 heavy (non-hydrogen) atoms. The summed E-state index contributed by atoms with van der Waals surface area (Å²) in [4.78, 5) is 0. The van der Waals surface area contributed by atoms with Gasteiger partial charge >= 0.3 is 112 Å². The molecule has 0 spiro atoms. The van der Waals surface area contributed by atoms with Crippen LogP contribution in [-0.4, -0.2) is 112 Å². The Bertz CT molecular complexity index is 15.5. The molecule has 0 aliphatic carbocycles. The second-order valence-corrected chi connectivity index (χ2v) is 0. The van der Waals surface area contributed by atoms with E-state index in [0.717, 1.165) is 0 Å². The summed E-state index contributed by atoms with van der Waals surface area (Å²) in [7, 11) is 0. The second kappa shape index (κ2) is 30.3. The predicted molar refractivity (Wildman–Crippen MR) is 24.2 cm³/mol. The maximum absolute atomic E-state index is 0. The van der Waals surface area contributed by atoms with Crippen LogP contribution in [0.4, 0.5) is 0 Å². The van der Waals surface area contributed by atoms with Crippen LogP contribution in [0.25, 0.3) is 0 Å². The Morgan fingerprint density at radius 1 is 1.00 bits per heavy atom. The van der Waals surface area contributed by atoms with Crippen LogP contribution in [0, 0.1) is 41.7 Å². The van der Waals surface area contributed by atoms with Gasteiger partial charge in [-0.15, -0.1) is 0 Å². The quantitative estimate of drug-likeness (QED) is 0.332. The summed E-state index contributed by atoms with van der Waals surface area (Å²) in [6.45, 7) is 0. The van der Waals surface area contributed by atoms with Crippen LogP contribution in [0.3, 0.4) is 0 Å². The predicted octanol–water partition coefficient (Wildman–Crippen LogP) is -2.49. The van der Waals surface area contributed by atoms with Gasteiger partial charge < -0.3 is 0 Å². The van der Waals surface area contributed by atoms with Crippen molar-refractivity contribution in [1.29, 1.82) is 0 Å². The molecule has 0 atom stereocenters. The summed E-state index contributed by atoms with van der Waals surface area (Å²) in [6, 6.07) is 0. The molecule has 0 radical (unpaired) electrons. The van der Waals surface area contributed by atoms with Gasteiger partial charge in [-0.05, 0) is 0 Å². The minimum Gasteiger partial charge on any atom is 0 e. The van der Waals surface area contributed by atoms with Crippen molar-refractivity contribution in [2.75, 3.05) is 0 Å². The van der Waals surface area contributed by atoms with E-state index >= 15 is 0 Å². The average Bonchev–Trinajstić information content (AvgIpc) is 0. The minimum atomic E-state index is 0. The van der Waals surface area contributed by atoms with Crippen molar-refractivity contribution < 1.29 is 79.9 Å². The molecule has 0 N–H and O–H groups in total. The molecular weight excluding hydrogens is 483 g/mol. The van der Waals surface area contributed by atoms with Gasteiger partial charge in [0, 0.05) is 79.9 Å². The van der Waals surface area contributed by atoms with Gasteiger partial charge in [-0.1, -0.05) is 0 Å². The van der Waals surface area contributed by atoms with E-state index in [1.54, 1.807) is 0 Å². The number of hydrogen-bond acceptors (Lipinski definition) is 0. The summed E-state index contributed by atoms with van der Waals surface area (Å²) in [6.07, 6.45) is 0. The zero-order chi connectivity index (χ0) is 0. The molecule has 0 saturated carbocycles. The van der Waals surface area contributed by atoms with E-state index in [9.17, 15) is 0 Å². The smallest absolute Gasteiger partial charge is 0 e. The van der Waals surface area contributed by atoms with Gasteiger partial charge in [-0.2, -0.15) is 0 Å². The topological polar surface area (TPSA) is 0 Å². The summed E-state index contributed by atoms with van der Waals surface area (Å²) < 4.78 is 0. The maximum atomic E-state index is 0. The standard InChI is InChI=1S/Ca.Ce.Fe.K.Mg.W.5H. The van der Waals surface area contributed by atoms with Crippen LogP contribution < -0.4 is 0 Å². The summed E-state index contributed by atoms with van der Waals surface area (Å²) >= 11 is 0. The van der Waals surface area contributed by atoms with Crippen LogP contribution in [0.2, 0.25) is 0 Å². The third-order valence-corrected chi connectivity index (χ3v) is 0. The fourth-order valence-electron chi connectivity index (χ4n) is 0. The van der Waals surface area contributed by atoms with E-state index < -0.39 is 0 Å². The van der Waals surface area contributed by atoms with Crippen molar-refractivity contribution in [2.45, 2.75) is 0 Å². The van der Waals surface area contributed by atoms with Crippen molar-refractivity contribution in [3.8, 4) is 0 Å². The molecule has 0 bridgehead atoms. The van der Waals surface area contributed by atoms with Crippen molar-refractivity contribution in [2.24, 2.45) is 0 Å². The van der Waals surface area contributed by atoms with Crippen molar-refractivity contribution in [3.63, 3.8) is 0 Å². The molecule has 0 fully saturated rings. The SMILES string of the molecule is [CaH2].[Ce].[Fe].[KH].[MgH2].[W]. The largest absolute Gasteiger partial charge is 0.316 e. The number of rotatable bonds is 0. The Kier molecular flexibility index (Phi) is 200. The molecule has 0 amide bonds. The Morgan fingerprint density at radius 2 is 1.00 bits per heavy atom. The van der Waals surface area contributed by atoms with E-state index in [1.807, 2.05) is 0 Å². The van der Waals surface area contributed by atoms with Gasteiger partial charge in [0.1, 0.15) is 0 Å². The molecule has 0 aliphatic rings. The minimum absolute atomic E-state index is 0. The molecule has 0 rings (SSSR count). The summed E-state index contributed by atoms with van der Waals surface area (Å²) in [5.74, 6) is 0. The van der Waals surface area contributed by atoms with Crippen LogP contribution >= 0.6 is 0 Å². The zero-order valence-electron chi connectivity index (χ0n) is 1.26. The molecule has 0 unspecified atom stereocenters. The van der Waals surface area contributed by atoms with Crippen molar-refractivity contribution in [3.05, 3.63) is 0 Å². The molecule has 28 valence electrons. The van der Waals surface area contributed by atoms with E-state index in [4.69, 9.17) is 0 Å². The first-order chi connectivity index (χ1) is 0. The molecule has 0 aromatic carbocycles. The Balaban J connectivity index is 0. The van der Waals surface area contributed by atoms with Gasteiger partial charge in [0.05, 0.1) is 0 Å². The Labute approximate surface area is 186 Å². The van der Waals surface area contributed by atoms with Gasteiger partial charge in [-0.25, -0.2) is 0 Å². The first-order valence-electron chi connectivity index (χ1n) is 0. The Hall–Kier alpha value is 6.25. The van der Waals surface area contributed by atoms with Crippen LogP contribution in [0.5, 0.6) is 0 Å². The third-order valence-electron chi connectivity index (χ3n) is 0. The molecule has 0 saturated heterocycles. The van der Waals surface area contributed by atoms with Crippen LogP contribution in [0.15, 0.2) is 0 Å². The van der Waals surface area contributed by atoms with Crippen molar-refractivity contribution >= 4 is 112 Å². The number of hydrogen-bond donors (Lipinski definition) is 0. The Morgan fingerprint density at radius 3 is 1.00 bits per heavy atom. The van der Waals surface area contributed by atoms with Gasteiger partial charge in [0.25, 0.3) is 0 Å². The van der Waals surface area contributed by atoms with E-state index in [2.05, 4.69) is 0 Å². The van der Waals surface area contributed by atoms with Crippen molar-refractivity contribution in [1.82, 2.24) is 0 Å². The molecular formula is H5CaCeFeKMgW. The second-order valence-electron chi connectivity index (χ2n) is 0. The molecule has 0 nitrogen and oxygen atoms in total. The first-order valence-corrected chi connectivity index (χ1v) is 0. The molecule has 0 heterocycles. The molecule has 0 aromatic rings. The van der Waals surface area contributed by atoms with Gasteiger partial charge in [-0.3, -0.25) is 0 Å². The zero-order valence-corrected chi connectivity index (χ0v) is 8.44. The summed E-state index contributed by atoms with van der Waals surface area (Å²) in [5, 5.41) is 0. The molecule has 0 aromatic heterocycles. The maximum Gasteiger partial charge on any atom is 0.316 e. The molecule has 6 heteroatoms. The van der Waals surface area contributed by atoms with E-state index in [0.29, 0.717) is 0 Å². The van der Waals surface area contributed by atoms with E-state index in [1.165, 1.54) is 0 Å². The summed E-state index contributed by atoms with van der Waals surface area (Å²) in [5.41, 5.74) is 0. The van der Waals surface area contributed by atoms with Crippen LogP contribution in [0.1, 0.15) is 0 Å². The van der Waals surface area contributed by atoms with E-state index in [-0.39, 0.29) is 192 Å². The van der Waals surface area contributed by atoms with Crippen LogP contribution in [-0.2, 0) is 38.1 Å².